The molecule has 2 atom stereocenters. The topological polar surface area (TPSA) is 62.8 Å². The maximum atomic E-state index is 12.4. The largest absolute Gasteiger partial charge is 0.378 e. The van der Waals surface area contributed by atoms with Gasteiger partial charge in [-0.1, -0.05) is 18.2 Å². The van der Waals surface area contributed by atoms with Gasteiger partial charge >= 0.3 is 0 Å². The molecule has 3 rings (SSSR count). The van der Waals surface area contributed by atoms with E-state index in [4.69, 9.17) is 9.47 Å². The van der Waals surface area contributed by atoms with Crippen molar-refractivity contribution in [3.63, 3.8) is 0 Å². The number of para-hydroxylation sites is 1. The summed E-state index contributed by atoms with van der Waals surface area (Å²) in [7, 11) is 0. The maximum absolute atomic E-state index is 12.4. The molecule has 2 heterocycles. The van der Waals surface area contributed by atoms with Crippen molar-refractivity contribution >= 4 is 11.6 Å². The van der Waals surface area contributed by atoms with Gasteiger partial charge in [-0.2, -0.15) is 0 Å². The molecule has 1 aromatic rings. The summed E-state index contributed by atoms with van der Waals surface area (Å²) in [6.07, 6.45) is -0.0989. The van der Waals surface area contributed by atoms with E-state index in [-0.39, 0.29) is 18.1 Å². The number of anilines is 1. The Morgan fingerprint density at radius 3 is 2.87 bits per heavy atom. The van der Waals surface area contributed by atoms with Gasteiger partial charge in [0, 0.05) is 31.9 Å². The SMILES string of the molecule is C[C@H]1OCCN[C@@H]1C(=O)NCc1ccccc1N1CCOCC1. The predicted octanol–water partition coefficient (Wildman–Crippen LogP) is 0.516. The van der Waals surface area contributed by atoms with Crippen molar-refractivity contribution in [3.05, 3.63) is 29.8 Å². The number of carbonyl (C=O) groups excluding carboxylic acids is 1. The van der Waals surface area contributed by atoms with Crippen LogP contribution in [0.2, 0.25) is 0 Å². The number of amides is 1. The Morgan fingerprint density at radius 1 is 1.30 bits per heavy atom. The average Bonchev–Trinajstić information content (AvgIpc) is 2.61. The van der Waals surface area contributed by atoms with Crippen molar-refractivity contribution in [1.82, 2.24) is 10.6 Å². The van der Waals surface area contributed by atoms with E-state index in [0.717, 1.165) is 31.9 Å². The molecule has 2 aliphatic rings. The van der Waals surface area contributed by atoms with Crippen LogP contribution < -0.4 is 15.5 Å². The molecule has 2 N–H and O–H groups in total. The second-order valence-electron chi connectivity index (χ2n) is 5.95. The standard InChI is InChI=1S/C17H25N3O3/c1-13-16(18-6-9-23-13)17(21)19-12-14-4-2-3-5-15(14)20-7-10-22-11-8-20/h2-5,13,16,18H,6-12H2,1H3,(H,19,21)/t13-,16+/m1/s1. The maximum Gasteiger partial charge on any atom is 0.240 e. The fourth-order valence-electron chi connectivity index (χ4n) is 3.09. The van der Waals surface area contributed by atoms with Crippen molar-refractivity contribution in [2.24, 2.45) is 0 Å². The van der Waals surface area contributed by atoms with Gasteiger partial charge in [0.25, 0.3) is 0 Å². The molecular weight excluding hydrogens is 294 g/mol. The van der Waals surface area contributed by atoms with E-state index in [9.17, 15) is 4.79 Å². The molecule has 126 valence electrons. The van der Waals surface area contributed by atoms with Crippen molar-refractivity contribution in [2.75, 3.05) is 44.4 Å². The molecule has 0 spiro atoms. The fraction of sp³-hybridized carbons (Fsp3) is 0.588. The number of hydrogen-bond acceptors (Lipinski definition) is 5. The average molecular weight is 319 g/mol. The van der Waals surface area contributed by atoms with Crippen LogP contribution in [0.25, 0.3) is 0 Å². The number of carbonyl (C=O) groups is 1. The number of morpholine rings is 2. The zero-order valence-corrected chi connectivity index (χ0v) is 13.6. The van der Waals surface area contributed by atoms with E-state index in [1.807, 2.05) is 19.1 Å². The van der Waals surface area contributed by atoms with E-state index in [0.29, 0.717) is 19.7 Å². The Balaban J connectivity index is 1.62. The first-order valence-corrected chi connectivity index (χ1v) is 8.29. The van der Waals surface area contributed by atoms with E-state index in [1.54, 1.807) is 0 Å². The molecule has 1 amide bonds. The Morgan fingerprint density at radius 2 is 2.09 bits per heavy atom. The third-order valence-corrected chi connectivity index (χ3v) is 4.40. The molecule has 1 aromatic carbocycles. The summed E-state index contributed by atoms with van der Waals surface area (Å²) in [5.74, 6) is -0.00557. The Kier molecular flexibility index (Phi) is 5.48. The van der Waals surface area contributed by atoms with Gasteiger partial charge in [-0.05, 0) is 18.6 Å². The van der Waals surface area contributed by atoms with Gasteiger partial charge in [-0.15, -0.1) is 0 Å². The van der Waals surface area contributed by atoms with Crippen molar-refractivity contribution in [1.29, 1.82) is 0 Å². The molecule has 6 heteroatoms. The lowest BCUT2D eigenvalue weighted by molar-refractivity contribution is -0.129. The highest BCUT2D eigenvalue weighted by atomic mass is 16.5. The van der Waals surface area contributed by atoms with E-state index < -0.39 is 0 Å². The molecule has 0 aliphatic carbocycles. The van der Waals surface area contributed by atoms with Crippen LogP contribution in [-0.2, 0) is 20.8 Å². The first-order valence-electron chi connectivity index (χ1n) is 8.29. The molecule has 0 bridgehead atoms. The van der Waals surface area contributed by atoms with Crippen LogP contribution in [-0.4, -0.2) is 57.5 Å². The highest BCUT2D eigenvalue weighted by Gasteiger charge is 2.28. The fourth-order valence-corrected chi connectivity index (χ4v) is 3.09. The lowest BCUT2D eigenvalue weighted by Crippen LogP contribution is -2.55. The van der Waals surface area contributed by atoms with Crippen molar-refractivity contribution in [3.8, 4) is 0 Å². The van der Waals surface area contributed by atoms with Crippen LogP contribution in [0.15, 0.2) is 24.3 Å². The lowest BCUT2D eigenvalue weighted by atomic mass is 10.1. The molecule has 0 radical (unpaired) electrons. The second-order valence-corrected chi connectivity index (χ2v) is 5.95. The lowest BCUT2D eigenvalue weighted by Gasteiger charge is -2.31. The third kappa shape index (κ3) is 4.02. The molecule has 2 saturated heterocycles. The van der Waals surface area contributed by atoms with Crippen molar-refractivity contribution < 1.29 is 14.3 Å². The van der Waals surface area contributed by atoms with Gasteiger partial charge in [0.15, 0.2) is 0 Å². The van der Waals surface area contributed by atoms with Crippen molar-refractivity contribution in [2.45, 2.75) is 25.6 Å². The number of ether oxygens (including phenoxy) is 2. The second kappa shape index (κ2) is 7.77. The van der Waals surface area contributed by atoms with Gasteiger partial charge in [0.2, 0.25) is 5.91 Å². The number of hydrogen-bond donors (Lipinski definition) is 2. The zero-order chi connectivity index (χ0) is 16.1. The van der Waals surface area contributed by atoms with Gasteiger partial charge < -0.3 is 25.0 Å². The Bertz CT molecular complexity index is 532. The first kappa shape index (κ1) is 16.2. The van der Waals surface area contributed by atoms with Crippen LogP contribution in [0.5, 0.6) is 0 Å². The van der Waals surface area contributed by atoms with E-state index in [2.05, 4.69) is 27.7 Å². The summed E-state index contributed by atoms with van der Waals surface area (Å²) in [4.78, 5) is 14.7. The van der Waals surface area contributed by atoms with Gasteiger partial charge in [0.05, 0.1) is 25.9 Å². The minimum atomic E-state index is -0.278. The molecule has 0 saturated carbocycles. The number of benzene rings is 1. The molecule has 23 heavy (non-hydrogen) atoms. The molecule has 0 unspecified atom stereocenters. The highest BCUT2D eigenvalue weighted by molar-refractivity contribution is 5.82. The molecule has 2 aliphatic heterocycles. The van der Waals surface area contributed by atoms with Crippen LogP contribution in [0.4, 0.5) is 5.69 Å². The number of nitrogens with one attached hydrogen (secondary N) is 2. The summed E-state index contributed by atoms with van der Waals surface area (Å²) >= 11 is 0. The summed E-state index contributed by atoms with van der Waals surface area (Å²) in [5.41, 5.74) is 2.31. The summed E-state index contributed by atoms with van der Waals surface area (Å²) in [5, 5.41) is 6.26. The smallest absolute Gasteiger partial charge is 0.240 e. The van der Waals surface area contributed by atoms with Crippen LogP contribution >= 0.6 is 0 Å². The first-order chi connectivity index (χ1) is 11.3. The predicted molar refractivity (Wildman–Crippen MR) is 88.5 cm³/mol. The number of nitrogens with zero attached hydrogens (tertiary/aromatic N) is 1. The summed E-state index contributed by atoms with van der Waals surface area (Å²) in [6.45, 7) is 7.11. The van der Waals surface area contributed by atoms with E-state index >= 15 is 0 Å². The molecular formula is C17H25N3O3. The Hall–Kier alpha value is -1.63. The molecule has 0 aromatic heterocycles. The quantitative estimate of drug-likeness (QED) is 0.847. The number of rotatable bonds is 4. The third-order valence-electron chi connectivity index (χ3n) is 4.40. The van der Waals surface area contributed by atoms with Gasteiger partial charge in [0.1, 0.15) is 6.04 Å². The monoisotopic (exact) mass is 319 g/mol. The highest BCUT2D eigenvalue weighted by Crippen LogP contribution is 2.21. The molecule has 2 fully saturated rings. The normalized spacial score (nSPS) is 25.2. The summed E-state index contributed by atoms with van der Waals surface area (Å²) in [6, 6.07) is 7.95. The minimum Gasteiger partial charge on any atom is -0.378 e. The van der Waals surface area contributed by atoms with Crippen LogP contribution in [0.1, 0.15) is 12.5 Å². The minimum absolute atomic E-state index is 0.00557. The van der Waals surface area contributed by atoms with Crippen LogP contribution in [0.3, 0.4) is 0 Å². The van der Waals surface area contributed by atoms with Gasteiger partial charge in [-0.25, -0.2) is 0 Å². The summed E-state index contributed by atoms with van der Waals surface area (Å²) < 4.78 is 11.0. The zero-order valence-electron chi connectivity index (χ0n) is 13.6. The van der Waals surface area contributed by atoms with Crippen LogP contribution in [0, 0.1) is 0 Å². The van der Waals surface area contributed by atoms with E-state index in [1.165, 1.54) is 5.69 Å². The molecule has 6 nitrogen and oxygen atoms in total. The van der Waals surface area contributed by atoms with Gasteiger partial charge in [-0.3, -0.25) is 4.79 Å². The Labute approximate surface area is 137 Å².